The van der Waals surface area contributed by atoms with Gasteiger partial charge in [0.05, 0.1) is 36.2 Å². The third-order valence-electron chi connectivity index (χ3n) is 8.53. The van der Waals surface area contributed by atoms with Crippen molar-refractivity contribution in [2.24, 2.45) is 11.8 Å². The van der Waals surface area contributed by atoms with Gasteiger partial charge in [-0.2, -0.15) is 4.31 Å². The van der Waals surface area contributed by atoms with Gasteiger partial charge in [-0.1, -0.05) is 26.0 Å². The Morgan fingerprint density at radius 2 is 1.86 bits per heavy atom. The van der Waals surface area contributed by atoms with Crippen molar-refractivity contribution in [2.75, 3.05) is 33.1 Å². The number of sulfonamides is 1. The lowest BCUT2D eigenvalue weighted by atomic mass is 9.99. The van der Waals surface area contributed by atoms with E-state index in [4.69, 9.17) is 28.4 Å². The molecule has 0 aliphatic carbocycles. The molecule has 6 rings (SSSR count). The van der Waals surface area contributed by atoms with Crippen LogP contribution in [0.15, 0.2) is 47.4 Å². The predicted molar refractivity (Wildman–Crippen MR) is 157 cm³/mol. The van der Waals surface area contributed by atoms with Crippen LogP contribution in [-0.4, -0.2) is 92.2 Å². The number of phenolic OH excluding ortho intramolecular Hbond substituents is 1. The Kier molecular flexibility index (Phi) is 8.44. The lowest BCUT2D eigenvalue weighted by Crippen LogP contribution is -2.51. The third-order valence-corrected chi connectivity index (χ3v) is 10.4. The molecular formula is C31H40N2O10S. The zero-order valence-electron chi connectivity index (χ0n) is 25.4. The summed E-state index contributed by atoms with van der Waals surface area (Å²) in [5, 5.41) is 9.86. The molecule has 0 bridgehead atoms. The van der Waals surface area contributed by atoms with Gasteiger partial charge in [0.2, 0.25) is 16.8 Å². The fourth-order valence-corrected chi connectivity index (χ4v) is 8.11. The van der Waals surface area contributed by atoms with Gasteiger partial charge in [0.15, 0.2) is 17.8 Å². The molecule has 3 saturated heterocycles. The highest BCUT2D eigenvalue weighted by molar-refractivity contribution is 7.89. The molecule has 4 heterocycles. The minimum absolute atomic E-state index is 0.00397. The molecule has 4 aliphatic heterocycles. The zero-order valence-corrected chi connectivity index (χ0v) is 26.2. The monoisotopic (exact) mass is 632 g/mol. The number of fused-ring (bicyclic) bond motifs is 2. The van der Waals surface area contributed by atoms with Gasteiger partial charge in [0.1, 0.15) is 17.6 Å². The average molecular weight is 633 g/mol. The quantitative estimate of drug-likeness (QED) is 0.436. The van der Waals surface area contributed by atoms with Crippen LogP contribution in [0.3, 0.4) is 0 Å². The normalized spacial score (nSPS) is 27.3. The molecule has 1 amide bonds. The summed E-state index contributed by atoms with van der Waals surface area (Å²) in [6, 6.07) is 10.7. The van der Waals surface area contributed by atoms with Gasteiger partial charge in [0.25, 0.3) is 0 Å². The maximum absolute atomic E-state index is 14.1. The second-order valence-corrected chi connectivity index (χ2v) is 14.5. The van der Waals surface area contributed by atoms with Crippen LogP contribution >= 0.6 is 0 Å². The van der Waals surface area contributed by atoms with Crippen molar-refractivity contribution in [3.63, 3.8) is 0 Å². The molecule has 0 aromatic heterocycles. The number of aromatic hydroxyl groups is 1. The topological polar surface area (TPSA) is 133 Å². The van der Waals surface area contributed by atoms with E-state index in [1.54, 1.807) is 49.1 Å². The summed E-state index contributed by atoms with van der Waals surface area (Å²) in [5.41, 5.74) is -0.264. The Balaban J connectivity index is 1.30. The summed E-state index contributed by atoms with van der Waals surface area (Å²) >= 11 is 0. The van der Waals surface area contributed by atoms with Gasteiger partial charge >= 0.3 is 6.09 Å². The van der Waals surface area contributed by atoms with Crippen molar-refractivity contribution >= 4 is 16.1 Å². The van der Waals surface area contributed by atoms with E-state index in [1.807, 2.05) is 13.8 Å². The summed E-state index contributed by atoms with van der Waals surface area (Å²) in [5.74, 6) is 0.960. The minimum Gasteiger partial charge on any atom is -0.508 e. The number of amides is 1. The molecule has 0 spiro atoms. The third kappa shape index (κ3) is 6.08. The summed E-state index contributed by atoms with van der Waals surface area (Å²) in [6.07, 6.45) is -0.999. The average Bonchev–Trinajstić information content (AvgIpc) is 3.74. The molecular weight excluding hydrogens is 592 g/mol. The summed E-state index contributed by atoms with van der Waals surface area (Å²) in [6.45, 7) is 8.52. The summed E-state index contributed by atoms with van der Waals surface area (Å²) in [4.78, 5) is 15.6. The molecule has 13 heteroatoms. The molecule has 12 nitrogen and oxygen atoms in total. The molecule has 2 unspecified atom stereocenters. The Morgan fingerprint density at radius 1 is 1.11 bits per heavy atom. The summed E-state index contributed by atoms with van der Waals surface area (Å²) in [7, 11) is -3.99. The van der Waals surface area contributed by atoms with Crippen LogP contribution in [0.2, 0.25) is 0 Å². The van der Waals surface area contributed by atoms with Crippen LogP contribution in [0.1, 0.15) is 39.7 Å². The maximum Gasteiger partial charge on any atom is 0.412 e. The first-order valence-electron chi connectivity index (χ1n) is 15.0. The van der Waals surface area contributed by atoms with Crippen LogP contribution in [0.5, 0.6) is 17.2 Å². The molecule has 240 valence electrons. The molecule has 3 fully saturated rings. The first kappa shape index (κ1) is 30.9. The van der Waals surface area contributed by atoms with Gasteiger partial charge in [-0.3, -0.25) is 4.90 Å². The van der Waals surface area contributed by atoms with Crippen LogP contribution in [-0.2, 0) is 35.4 Å². The highest BCUT2D eigenvalue weighted by atomic mass is 32.2. The van der Waals surface area contributed by atoms with Crippen LogP contribution in [0, 0.1) is 11.8 Å². The molecule has 4 aliphatic rings. The fraction of sp³-hybridized carbons (Fsp3) is 0.581. The zero-order chi connectivity index (χ0) is 31.2. The smallest absolute Gasteiger partial charge is 0.412 e. The van der Waals surface area contributed by atoms with E-state index in [2.05, 4.69) is 0 Å². The van der Waals surface area contributed by atoms with E-state index in [1.165, 1.54) is 16.4 Å². The van der Waals surface area contributed by atoms with E-state index in [-0.39, 0.29) is 55.3 Å². The lowest BCUT2D eigenvalue weighted by molar-refractivity contribution is -0.0911. The minimum atomic E-state index is -3.99. The van der Waals surface area contributed by atoms with Gasteiger partial charge in [-0.25, -0.2) is 13.2 Å². The second-order valence-electron chi connectivity index (χ2n) is 12.6. The Morgan fingerprint density at radius 3 is 2.61 bits per heavy atom. The molecule has 44 heavy (non-hydrogen) atoms. The number of benzene rings is 2. The molecule has 1 N–H and O–H groups in total. The van der Waals surface area contributed by atoms with Crippen molar-refractivity contribution < 1.29 is 46.7 Å². The molecule has 5 atom stereocenters. The van der Waals surface area contributed by atoms with E-state index >= 15 is 0 Å². The molecule has 2 aromatic carbocycles. The van der Waals surface area contributed by atoms with E-state index in [0.717, 1.165) is 12.0 Å². The summed E-state index contributed by atoms with van der Waals surface area (Å²) < 4.78 is 64.3. The van der Waals surface area contributed by atoms with Crippen molar-refractivity contribution in [3.8, 4) is 17.2 Å². The molecule has 2 aromatic rings. The maximum atomic E-state index is 14.1. The molecule has 0 radical (unpaired) electrons. The molecule has 0 saturated carbocycles. The Hall–Kier alpha value is -3.10. The number of phenols is 1. The second kappa shape index (κ2) is 12.0. The van der Waals surface area contributed by atoms with Gasteiger partial charge in [-0.15, -0.1) is 0 Å². The van der Waals surface area contributed by atoms with Gasteiger partial charge in [-0.05, 0) is 62.4 Å². The van der Waals surface area contributed by atoms with E-state index < -0.39 is 40.1 Å². The van der Waals surface area contributed by atoms with E-state index in [9.17, 15) is 18.3 Å². The fourth-order valence-electron chi connectivity index (χ4n) is 6.48. The van der Waals surface area contributed by atoms with Crippen LogP contribution in [0.25, 0.3) is 0 Å². The largest absolute Gasteiger partial charge is 0.508 e. The lowest BCUT2D eigenvalue weighted by Gasteiger charge is -2.34. The number of carbonyl (C=O) groups excluding carboxylic acids is 1. The van der Waals surface area contributed by atoms with Crippen molar-refractivity contribution in [2.45, 2.75) is 75.7 Å². The number of ether oxygens (including phenoxy) is 6. The number of carbonyl (C=O) groups is 1. The highest BCUT2D eigenvalue weighted by Crippen LogP contribution is 2.39. The number of hydrogen-bond donors (Lipinski definition) is 1. The highest BCUT2D eigenvalue weighted by Gasteiger charge is 2.53. The van der Waals surface area contributed by atoms with Gasteiger partial charge < -0.3 is 33.5 Å². The van der Waals surface area contributed by atoms with E-state index in [0.29, 0.717) is 24.5 Å². The van der Waals surface area contributed by atoms with Gasteiger partial charge in [0, 0.05) is 19.2 Å². The number of nitrogens with zero attached hydrogens (tertiary/aromatic N) is 2. The predicted octanol–water partition coefficient (Wildman–Crippen LogP) is 3.71. The SMILES string of the molecule is CC(C)CN(C[C@@H]1OC(C)(C)N(C(=O)O[C@@H]2COC3OCCC32)[C@@H]1Cc1ccc(O)cc1)S(=O)(=O)c1ccc2c(c1)OCO2. The van der Waals surface area contributed by atoms with Crippen LogP contribution in [0.4, 0.5) is 4.79 Å². The standard InChI is InChI=1S/C31H40N2O10S/c1-19(2)15-32(44(36,37)22-9-10-25-26(14-22)41-18-40-25)16-27-24(13-20-5-7-21(34)8-6-20)33(31(3,4)43-27)30(35)42-28-17-39-29-23(28)11-12-38-29/h5-10,14,19,23-24,27-29,34H,11-13,15-18H2,1-4H3/t23?,24-,27+,28-,29?/m1/s1. The number of rotatable bonds is 9. The Labute approximate surface area is 257 Å². The van der Waals surface area contributed by atoms with Crippen molar-refractivity contribution in [1.82, 2.24) is 9.21 Å². The van der Waals surface area contributed by atoms with Crippen molar-refractivity contribution in [1.29, 1.82) is 0 Å². The number of hydrogen-bond acceptors (Lipinski definition) is 10. The van der Waals surface area contributed by atoms with Crippen molar-refractivity contribution in [3.05, 3.63) is 48.0 Å². The Bertz CT molecular complexity index is 1460. The van der Waals surface area contributed by atoms with Crippen LogP contribution < -0.4 is 9.47 Å². The first-order chi connectivity index (χ1) is 20.9. The first-order valence-corrected chi connectivity index (χ1v) is 16.4.